The van der Waals surface area contributed by atoms with Crippen LogP contribution in [0.4, 0.5) is 5.69 Å². The van der Waals surface area contributed by atoms with E-state index in [-0.39, 0.29) is 5.91 Å². The van der Waals surface area contributed by atoms with Gasteiger partial charge in [-0.15, -0.1) is 11.3 Å². The van der Waals surface area contributed by atoms with Crippen LogP contribution in [0.2, 0.25) is 0 Å². The largest absolute Gasteiger partial charge is 0.306 e. The highest BCUT2D eigenvalue weighted by Gasteiger charge is 2.31. The molecule has 4 heteroatoms. The third-order valence-corrected chi connectivity index (χ3v) is 6.55. The standard InChI is InChI=1S/C24H26N2OS/c1-6-19-15(3)13-21-20(22(19)18-9-7-14(2)8-10-18)11-12-26(21)24(27)23-16(4)28-17(5)25-23/h7-10,13H,6,11-12H2,1-5H3. The number of fused-ring (bicyclic) bond motifs is 1. The molecule has 1 amide bonds. The Morgan fingerprint density at radius 3 is 2.46 bits per heavy atom. The summed E-state index contributed by atoms with van der Waals surface area (Å²) < 4.78 is 0. The van der Waals surface area contributed by atoms with Gasteiger partial charge in [-0.3, -0.25) is 4.79 Å². The molecular formula is C24H26N2OS. The van der Waals surface area contributed by atoms with Crippen LogP contribution in [0.15, 0.2) is 30.3 Å². The van der Waals surface area contributed by atoms with Crippen molar-refractivity contribution in [3.63, 3.8) is 0 Å². The van der Waals surface area contributed by atoms with E-state index in [0.717, 1.165) is 35.0 Å². The molecule has 0 atom stereocenters. The van der Waals surface area contributed by atoms with E-state index >= 15 is 0 Å². The lowest BCUT2D eigenvalue weighted by molar-refractivity contribution is 0.0984. The van der Waals surface area contributed by atoms with Crippen LogP contribution >= 0.6 is 11.3 Å². The number of benzene rings is 2. The first-order chi connectivity index (χ1) is 13.4. The van der Waals surface area contributed by atoms with Crippen LogP contribution in [-0.2, 0) is 12.8 Å². The van der Waals surface area contributed by atoms with Gasteiger partial charge in [0.15, 0.2) is 0 Å². The molecule has 3 aromatic rings. The van der Waals surface area contributed by atoms with Crippen LogP contribution in [0.3, 0.4) is 0 Å². The summed E-state index contributed by atoms with van der Waals surface area (Å²) in [5.74, 6) is 0.0269. The van der Waals surface area contributed by atoms with Crippen molar-refractivity contribution in [2.75, 3.05) is 11.4 Å². The van der Waals surface area contributed by atoms with Gasteiger partial charge in [-0.05, 0) is 74.4 Å². The lowest BCUT2D eigenvalue weighted by Gasteiger charge is -2.21. The summed E-state index contributed by atoms with van der Waals surface area (Å²) >= 11 is 1.59. The summed E-state index contributed by atoms with van der Waals surface area (Å²) in [6.07, 6.45) is 1.88. The van der Waals surface area contributed by atoms with Gasteiger partial charge in [-0.25, -0.2) is 4.98 Å². The van der Waals surface area contributed by atoms with Crippen molar-refractivity contribution in [1.29, 1.82) is 0 Å². The van der Waals surface area contributed by atoms with E-state index in [2.05, 4.69) is 56.1 Å². The number of nitrogens with zero attached hydrogens (tertiary/aromatic N) is 2. The second kappa shape index (κ2) is 7.17. The topological polar surface area (TPSA) is 33.2 Å². The van der Waals surface area contributed by atoms with Crippen LogP contribution in [0.1, 0.15) is 49.6 Å². The van der Waals surface area contributed by atoms with Crippen LogP contribution in [0.25, 0.3) is 11.1 Å². The van der Waals surface area contributed by atoms with Crippen molar-refractivity contribution in [2.45, 2.75) is 47.5 Å². The fourth-order valence-corrected chi connectivity index (χ4v) is 5.12. The van der Waals surface area contributed by atoms with Crippen molar-refractivity contribution >= 4 is 22.9 Å². The lowest BCUT2D eigenvalue weighted by Crippen LogP contribution is -2.29. The molecular weight excluding hydrogens is 364 g/mol. The van der Waals surface area contributed by atoms with Crippen molar-refractivity contribution in [1.82, 2.24) is 4.98 Å². The van der Waals surface area contributed by atoms with E-state index in [1.54, 1.807) is 11.3 Å². The number of rotatable bonds is 3. The normalized spacial score (nSPS) is 13.1. The van der Waals surface area contributed by atoms with Gasteiger partial charge in [0, 0.05) is 17.1 Å². The minimum absolute atomic E-state index is 0.0269. The first-order valence-electron chi connectivity index (χ1n) is 9.89. The molecule has 2 heterocycles. The van der Waals surface area contributed by atoms with Crippen molar-refractivity contribution in [3.8, 4) is 11.1 Å². The fourth-order valence-electron chi connectivity index (χ4n) is 4.32. The molecule has 1 aliphatic heterocycles. The maximum atomic E-state index is 13.3. The van der Waals surface area contributed by atoms with Crippen LogP contribution in [0.5, 0.6) is 0 Å². The molecule has 144 valence electrons. The summed E-state index contributed by atoms with van der Waals surface area (Å²) in [4.78, 5) is 20.7. The predicted octanol–water partition coefficient (Wildman–Crippen LogP) is 5.81. The van der Waals surface area contributed by atoms with Crippen molar-refractivity contribution < 1.29 is 4.79 Å². The van der Waals surface area contributed by atoms with Gasteiger partial charge < -0.3 is 4.90 Å². The van der Waals surface area contributed by atoms with Crippen molar-refractivity contribution in [2.24, 2.45) is 0 Å². The van der Waals surface area contributed by atoms with Gasteiger partial charge in [-0.2, -0.15) is 0 Å². The average molecular weight is 391 g/mol. The molecule has 0 radical (unpaired) electrons. The van der Waals surface area contributed by atoms with E-state index in [9.17, 15) is 4.79 Å². The molecule has 0 N–H and O–H groups in total. The molecule has 1 aliphatic rings. The minimum Gasteiger partial charge on any atom is -0.306 e. The molecule has 0 fully saturated rings. The molecule has 0 saturated heterocycles. The predicted molar refractivity (Wildman–Crippen MR) is 118 cm³/mol. The Morgan fingerprint density at radius 2 is 1.86 bits per heavy atom. The Labute approximate surface area is 171 Å². The molecule has 0 saturated carbocycles. The molecule has 4 rings (SSSR count). The van der Waals surface area contributed by atoms with Gasteiger partial charge in [-0.1, -0.05) is 36.8 Å². The molecule has 0 unspecified atom stereocenters. The summed E-state index contributed by atoms with van der Waals surface area (Å²) in [5, 5.41) is 0.943. The highest BCUT2D eigenvalue weighted by molar-refractivity contribution is 7.11. The average Bonchev–Trinajstić information content (AvgIpc) is 3.23. The maximum Gasteiger partial charge on any atom is 0.278 e. The number of hydrogen-bond donors (Lipinski definition) is 0. The fraction of sp³-hybridized carbons (Fsp3) is 0.333. The van der Waals surface area contributed by atoms with E-state index < -0.39 is 0 Å². The molecule has 0 aliphatic carbocycles. The number of aromatic nitrogens is 1. The van der Waals surface area contributed by atoms with Gasteiger partial charge in [0.2, 0.25) is 0 Å². The van der Waals surface area contributed by atoms with E-state index in [1.165, 1.54) is 33.4 Å². The van der Waals surface area contributed by atoms with Gasteiger partial charge in [0.05, 0.1) is 5.01 Å². The maximum absolute atomic E-state index is 13.3. The molecule has 3 nitrogen and oxygen atoms in total. The van der Waals surface area contributed by atoms with E-state index in [4.69, 9.17) is 0 Å². The Morgan fingerprint density at radius 1 is 1.14 bits per heavy atom. The molecule has 0 bridgehead atoms. The Kier molecular flexibility index (Phi) is 4.84. The monoisotopic (exact) mass is 390 g/mol. The first kappa shape index (κ1) is 18.9. The third kappa shape index (κ3) is 3.06. The summed E-state index contributed by atoms with van der Waals surface area (Å²) in [6.45, 7) is 11.2. The quantitative estimate of drug-likeness (QED) is 0.565. The number of hydrogen-bond acceptors (Lipinski definition) is 3. The van der Waals surface area contributed by atoms with Gasteiger partial charge in [0.25, 0.3) is 5.91 Å². The zero-order valence-corrected chi connectivity index (χ0v) is 18.0. The van der Waals surface area contributed by atoms with E-state index in [1.807, 2.05) is 18.7 Å². The van der Waals surface area contributed by atoms with Gasteiger partial charge in [0.1, 0.15) is 5.69 Å². The number of anilines is 1. The number of carbonyl (C=O) groups is 1. The van der Waals surface area contributed by atoms with Crippen LogP contribution < -0.4 is 4.90 Å². The Hall–Kier alpha value is -2.46. The minimum atomic E-state index is 0.0269. The zero-order valence-electron chi connectivity index (χ0n) is 17.2. The SMILES string of the molecule is CCc1c(C)cc2c(c1-c1ccc(C)cc1)CCN2C(=O)c1nc(C)sc1C. The summed E-state index contributed by atoms with van der Waals surface area (Å²) in [6, 6.07) is 11.0. The smallest absolute Gasteiger partial charge is 0.278 e. The zero-order chi connectivity index (χ0) is 20.0. The molecule has 28 heavy (non-hydrogen) atoms. The van der Waals surface area contributed by atoms with Crippen LogP contribution in [-0.4, -0.2) is 17.4 Å². The number of aryl methyl sites for hydroxylation is 4. The number of amides is 1. The molecule has 0 spiro atoms. The second-order valence-electron chi connectivity index (χ2n) is 7.61. The third-order valence-electron chi connectivity index (χ3n) is 5.66. The van der Waals surface area contributed by atoms with E-state index in [0.29, 0.717) is 5.69 Å². The van der Waals surface area contributed by atoms with Gasteiger partial charge >= 0.3 is 0 Å². The molecule has 1 aromatic heterocycles. The highest BCUT2D eigenvalue weighted by atomic mass is 32.1. The number of thiazole rings is 1. The van der Waals surface area contributed by atoms with Crippen LogP contribution in [0, 0.1) is 27.7 Å². The Balaban J connectivity index is 1.86. The Bertz CT molecular complexity index is 1060. The first-order valence-corrected chi connectivity index (χ1v) is 10.7. The lowest BCUT2D eigenvalue weighted by atomic mass is 9.88. The molecule has 2 aromatic carbocycles. The summed E-state index contributed by atoms with van der Waals surface area (Å²) in [5.41, 5.74) is 9.42. The second-order valence-corrected chi connectivity index (χ2v) is 9.02. The summed E-state index contributed by atoms with van der Waals surface area (Å²) in [7, 11) is 0. The highest BCUT2D eigenvalue weighted by Crippen LogP contribution is 2.41. The number of carbonyl (C=O) groups excluding carboxylic acids is 1. The van der Waals surface area contributed by atoms with Crippen molar-refractivity contribution in [3.05, 3.63) is 68.2 Å².